The molecule has 1 aliphatic heterocycles. The molecule has 0 saturated carbocycles. The Bertz CT molecular complexity index is 1660. The number of aromatic nitrogens is 1. The van der Waals surface area contributed by atoms with Crippen LogP contribution in [0, 0.1) is 18.3 Å². The largest absolute Gasteiger partial charge is 0.455 e. The van der Waals surface area contributed by atoms with E-state index in [2.05, 4.69) is 16.2 Å². The van der Waals surface area contributed by atoms with Crippen molar-refractivity contribution < 1.29 is 37.2 Å². The third kappa shape index (κ3) is 12.9. The standard InChI is InChI=1S/C36H52N6O8S2/c1-7-9-12-20-49-42(36(46)28(13-8-2)38-34(45)30-14-10-11-19-41(30)6)31(24(3)4)21-32(50-25(5)43)35-39-29(22-51-35)33(44)40-52(47,48)23-26-15-17-27(37)18-16-26/h1,15-18,22,24,28,30-32H,8-14,19-21,23,37H2,2-6H3,(H,38,45)(H,40,44)/t28-,30+,31+,32?/m0/s1. The number of hydroxylamine groups is 2. The summed E-state index contributed by atoms with van der Waals surface area (Å²) in [6, 6.07) is 4.32. The number of rotatable bonds is 19. The molecule has 1 aliphatic rings. The van der Waals surface area contributed by atoms with Gasteiger partial charge in [0.25, 0.3) is 11.8 Å². The van der Waals surface area contributed by atoms with Crippen LogP contribution in [0.4, 0.5) is 5.69 Å². The first-order chi connectivity index (χ1) is 24.6. The molecule has 3 amide bonds. The number of likely N-dealkylation sites (N-methyl/N-ethyl adjacent to an activating group) is 1. The zero-order chi connectivity index (χ0) is 38.4. The van der Waals surface area contributed by atoms with E-state index in [-0.39, 0.29) is 41.6 Å². The number of ether oxygens (including phenoxy) is 1. The number of terminal acetylenes is 1. The van der Waals surface area contributed by atoms with Crippen molar-refractivity contribution in [2.45, 2.75) is 109 Å². The fourth-order valence-electron chi connectivity index (χ4n) is 5.89. The molecule has 1 unspecified atom stereocenters. The molecular formula is C36H52N6O8S2. The van der Waals surface area contributed by atoms with Gasteiger partial charge in [-0.25, -0.2) is 23.2 Å². The zero-order valence-corrected chi connectivity index (χ0v) is 32.3. The highest BCUT2D eigenvalue weighted by Gasteiger charge is 2.38. The van der Waals surface area contributed by atoms with Gasteiger partial charge in [-0.05, 0) is 62.9 Å². The molecule has 3 rings (SSSR count). The van der Waals surface area contributed by atoms with Crippen molar-refractivity contribution in [1.29, 1.82) is 0 Å². The van der Waals surface area contributed by atoms with Crippen LogP contribution < -0.4 is 15.8 Å². The van der Waals surface area contributed by atoms with Gasteiger partial charge >= 0.3 is 5.97 Å². The number of nitrogens with one attached hydrogen (secondary N) is 2. The van der Waals surface area contributed by atoms with Crippen molar-refractivity contribution in [3.05, 3.63) is 45.9 Å². The van der Waals surface area contributed by atoms with Gasteiger partial charge in [0.2, 0.25) is 15.9 Å². The lowest BCUT2D eigenvalue weighted by Gasteiger charge is -2.38. The molecule has 1 fully saturated rings. The summed E-state index contributed by atoms with van der Waals surface area (Å²) < 4.78 is 33.3. The molecule has 1 aromatic heterocycles. The number of hydrogen-bond donors (Lipinski definition) is 3. The van der Waals surface area contributed by atoms with E-state index in [1.54, 1.807) is 24.3 Å². The van der Waals surface area contributed by atoms with Gasteiger partial charge in [0, 0.05) is 30.8 Å². The minimum absolute atomic E-state index is 0.0281. The number of carbonyl (C=O) groups excluding carboxylic acids is 4. The second kappa shape index (κ2) is 20.3. The molecule has 1 aromatic carbocycles. The van der Waals surface area contributed by atoms with E-state index in [1.165, 1.54) is 17.4 Å². The number of piperidine rings is 1. The van der Waals surface area contributed by atoms with Crippen molar-refractivity contribution >= 4 is 50.7 Å². The number of thiazole rings is 1. The van der Waals surface area contributed by atoms with Crippen LogP contribution in [0.2, 0.25) is 0 Å². The number of sulfonamides is 1. The SMILES string of the molecule is C#CCCCON(C(=O)[C@H](CCC)NC(=O)[C@H]1CCCCN1C)[C@H](CC(OC(C)=O)c1nc(C(=O)NS(=O)(=O)Cc2ccc(N)cc2)cs1)C(C)C. The Balaban J connectivity index is 1.87. The van der Waals surface area contributed by atoms with Gasteiger partial charge in [-0.1, -0.05) is 45.7 Å². The second-order valence-corrected chi connectivity index (χ2v) is 15.9. The first-order valence-electron chi connectivity index (χ1n) is 17.6. The maximum Gasteiger partial charge on any atom is 0.303 e. The van der Waals surface area contributed by atoms with Crippen LogP contribution in [0.3, 0.4) is 0 Å². The monoisotopic (exact) mass is 760 g/mol. The van der Waals surface area contributed by atoms with Gasteiger partial charge in [0.15, 0.2) is 6.10 Å². The Kier molecular flexibility index (Phi) is 16.5. The highest BCUT2D eigenvalue weighted by Crippen LogP contribution is 2.31. The smallest absolute Gasteiger partial charge is 0.303 e. The van der Waals surface area contributed by atoms with E-state index in [9.17, 15) is 27.6 Å². The number of likely N-dealkylation sites (tertiary alicyclic amines) is 1. The number of benzene rings is 1. The number of esters is 1. The molecule has 16 heteroatoms. The molecule has 0 aliphatic carbocycles. The van der Waals surface area contributed by atoms with Crippen molar-refractivity contribution in [2.75, 3.05) is 25.9 Å². The number of anilines is 1. The van der Waals surface area contributed by atoms with Crippen LogP contribution in [0.1, 0.15) is 106 Å². The average molecular weight is 761 g/mol. The van der Waals surface area contributed by atoms with Crippen LogP contribution in [0.15, 0.2) is 29.6 Å². The Hall–Kier alpha value is -4.04. The molecule has 0 bridgehead atoms. The topological polar surface area (TPSA) is 190 Å². The Labute approximate surface area is 311 Å². The normalized spacial score (nSPS) is 16.7. The van der Waals surface area contributed by atoms with E-state index >= 15 is 0 Å². The van der Waals surface area contributed by atoms with Crippen LogP contribution in [0.5, 0.6) is 0 Å². The van der Waals surface area contributed by atoms with Crippen molar-refractivity contribution in [3.8, 4) is 12.3 Å². The lowest BCUT2D eigenvalue weighted by molar-refractivity contribution is -0.212. The van der Waals surface area contributed by atoms with Crippen molar-refractivity contribution in [1.82, 2.24) is 25.0 Å². The van der Waals surface area contributed by atoms with E-state index in [0.717, 1.165) is 30.7 Å². The summed E-state index contributed by atoms with van der Waals surface area (Å²) in [4.78, 5) is 65.6. The summed E-state index contributed by atoms with van der Waals surface area (Å²) in [5.41, 5.74) is 6.40. The first-order valence-corrected chi connectivity index (χ1v) is 20.1. The lowest BCUT2D eigenvalue weighted by Crippen LogP contribution is -2.57. The molecule has 1 saturated heterocycles. The molecule has 0 radical (unpaired) electrons. The third-order valence-electron chi connectivity index (χ3n) is 8.63. The molecule has 52 heavy (non-hydrogen) atoms. The van der Waals surface area contributed by atoms with Crippen LogP contribution >= 0.6 is 11.3 Å². The number of unbranched alkanes of at least 4 members (excludes halogenated alkanes) is 1. The molecule has 286 valence electrons. The van der Waals surface area contributed by atoms with E-state index < -0.39 is 51.7 Å². The Morgan fingerprint density at radius 2 is 1.90 bits per heavy atom. The van der Waals surface area contributed by atoms with Crippen LogP contribution in [0.25, 0.3) is 0 Å². The molecule has 2 aromatic rings. The van der Waals surface area contributed by atoms with Gasteiger partial charge in [-0.2, -0.15) is 0 Å². The molecular weight excluding hydrogens is 709 g/mol. The summed E-state index contributed by atoms with van der Waals surface area (Å²) in [5.74, 6) is -0.365. The highest BCUT2D eigenvalue weighted by molar-refractivity contribution is 7.89. The van der Waals surface area contributed by atoms with Gasteiger partial charge in [0.05, 0.1) is 24.4 Å². The highest BCUT2D eigenvalue weighted by atomic mass is 32.2. The summed E-state index contributed by atoms with van der Waals surface area (Å²) in [7, 11) is -2.19. The van der Waals surface area contributed by atoms with Gasteiger partial charge in [-0.15, -0.1) is 23.7 Å². The van der Waals surface area contributed by atoms with Crippen LogP contribution in [-0.4, -0.2) is 85.4 Å². The van der Waals surface area contributed by atoms with Crippen molar-refractivity contribution in [2.24, 2.45) is 5.92 Å². The van der Waals surface area contributed by atoms with Crippen molar-refractivity contribution in [3.63, 3.8) is 0 Å². The maximum absolute atomic E-state index is 14.4. The predicted octanol–water partition coefficient (Wildman–Crippen LogP) is 3.95. The Morgan fingerprint density at radius 3 is 2.52 bits per heavy atom. The lowest BCUT2D eigenvalue weighted by atomic mass is 9.96. The summed E-state index contributed by atoms with van der Waals surface area (Å²) in [5, 5.41) is 5.85. The fourth-order valence-corrected chi connectivity index (χ4v) is 7.82. The zero-order valence-electron chi connectivity index (χ0n) is 30.6. The number of nitrogens with two attached hydrogens (primary N) is 1. The second-order valence-electron chi connectivity index (χ2n) is 13.3. The number of carbonyl (C=O) groups is 4. The quantitative estimate of drug-likeness (QED) is 0.0618. The number of nitrogen functional groups attached to an aromatic ring is 1. The first kappa shape index (κ1) is 42.4. The predicted molar refractivity (Wildman–Crippen MR) is 199 cm³/mol. The maximum atomic E-state index is 14.4. The minimum atomic E-state index is -4.09. The van der Waals surface area contributed by atoms with Gasteiger partial charge in [0.1, 0.15) is 16.7 Å². The summed E-state index contributed by atoms with van der Waals surface area (Å²) in [6.07, 6.45) is 8.96. The summed E-state index contributed by atoms with van der Waals surface area (Å²) in [6.45, 7) is 7.85. The molecule has 2 heterocycles. The molecule has 4 atom stereocenters. The number of hydrogen-bond acceptors (Lipinski definition) is 12. The molecule has 14 nitrogen and oxygen atoms in total. The van der Waals surface area contributed by atoms with E-state index in [1.807, 2.05) is 37.4 Å². The Morgan fingerprint density at radius 1 is 1.19 bits per heavy atom. The molecule has 4 N–H and O–H groups in total. The van der Waals surface area contributed by atoms with Gasteiger partial charge in [-0.3, -0.25) is 28.9 Å². The third-order valence-corrected chi connectivity index (χ3v) is 10.8. The van der Waals surface area contributed by atoms with E-state index in [4.69, 9.17) is 21.7 Å². The minimum Gasteiger partial charge on any atom is -0.455 e. The fraction of sp³-hybridized carbons (Fsp3) is 0.583. The van der Waals surface area contributed by atoms with E-state index in [0.29, 0.717) is 43.4 Å². The number of nitrogens with zero attached hydrogens (tertiary/aromatic N) is 3. The molecule has 0 spiro atoms. The van der Waals surface area contributed by atoms with Crippen LogP contribution in [-0.2, 0) is 39.7 Å². The number of amides is 3. The average Bonchev–Trinajstić information content (AvgIpc) is 3.58. The van der Waals surface area contributed by atoms with Gasteiger partial charge < -0.3 is 15.8 Å². The summed E-state index contributed by atoms with van der Waals surface area (Å²) >= 11 is 1.01.